The smallest absolute Gasteiger partial charge is 0.220 e. The molecule has 0 spiro atoms. The summed E-state index contributed by atoms with van der Waals surface area (Å²) in [5, 5.41) is 11.8. The largest absolute Gasteiger partial charge is 0.393 e. The van der Waals surface area contributed by atoms with Crippen molar-refractivity contribution in [2.24, 2.45) is 0 Å². The second kappa shape index (κ2) is 6.89. The highest BCUT2D eigenvalue weighted by molar-refractivity contribution is 5.76. The molecule has 2 unspecified atom stereocenters. The van der Waals surface area contributed by atoms with E-state index in [9.17, 15) is 4.79 Å². The van der Waals surface area contributed by atoms with Crippen LogP contribution in [0.5, 0.6) is 0 Å². The summed E-state index contributed by atoms with van der Waals surface area (Å²) >= 11 is 0. The van der Waals surface area contributed by atoms with Crippen molar-refractivity contribution in [3.63, 3.8) is 0 Å². The van der Waals surface area contributed by atoms with Gasteiger partial charge in [0.2, 0.25) is 5.91 Å². The Kier molecular flexibility index (Phi) is 6.59. The fraction of sp³-hybridized carbons (Fsp3) is 0.900. The van der Waals surface area contributed by atoms with Crippen LogP contribution in [0.4, 0.5) is 0 Å². The predicted molar refractivity (Wildman–Crippen MR) is 53.4 cm³/mol. The van der Waals surface area contributed by atoms with Crippen LogP contribution in [0.1, 0.15) is 46.5 Å². The van der Waals surface area contributed by atoms with Gasteiger partial charge in [-0.05, 0) is 26.7 Å². The van der Waals surface area contributed by atoms with Crippen LogP contribution in [0.2, 0.25) is 0 Å². The summed E-state index contributed by atoms with van der Waals surface area (Å²) in [5.74, 6) is 0.0434. The molecule has 78 valence electrons. The Morgan fingerprint density at radius 2 is 2.00 bits per heavy atom. The molecule has 0 aliphatic heterocycles. The normalized spacial score (nSPS) is 15.1. The summed E-state index contributed by atoms with van der Waals surface area (Å²) in [4.78, 5) is 11.2. The van der Waals surface area contributed by atoms with Gasteiger partial charge in [-0.25, -0.2) is 0 Å². The SMILES string of the molecule is CCCC(C)NC(=O)CCC(C)O. The lowest BCUT2D eigenvalue weighted by atomic mass is 10.1. The maximum Gasteiger partial charge on any atom is 0.220 e. The molecule has 2 N–H and O–H groups in total. The van der Waals surface area contributed by atoms with Crippen LogP contribution < -0.4 is 5.32 Å². The van der Waals surface area contributed by atoms with Gasteiger partial charge in [-0.1, -0.05) is 13.3 Å². The number of carbonyl (C=O) groups excluding carboxylic acids is 1. The fourth-order valence-corrected chi connectivity index (χ4v) is 1.19. The lowest BCUT2D eigenvalue weighted by molar-refractivity contribution is -0.122. The summed E-state index contributed by atoms with van der Waals surface area (Å²) in [6.45, 7) is 5.80. The standard InChI is InChI=1S/C10H21NO2/c1-4-5-8(2)11-10(13)7-6-9(3)12/h8-9,12H,4-7H2,1-3H3,(H,11,13). The minimum Gasteiger partial charge on any atom is -0.393 e. The van der Waals surface area contributed by atoms with Crippen LogP contribution in [0.3, 0.4) is 0 Å². The predicted octanol–water partition coefficient (Wildman–Crippen LogP) is 1.45. The highest BCUT2D eigenvalue weighted by Crippen LogP contribution is 1.98. The summed E-state index contributed by atoms with van der Waals surface area (Å²) in [7, 11) is 0. The molecule has 1 amide bonds. The van der Waals surface area contributed by atoms with Crippen molar-refractivity contribution in [1.82, 2.24) is 5.32 Å². The van der Waals surface area contributed by atoms with Crippen molar-refractivity contribution in [1.29, 1.82) is 0 Å². The molecule has 13 heavy (non-hydrogen) atoms. The van der Waals surface area contributed by atoms with Gasteiger partial charge in [0.1, 0.15) is 0 Å². The third kappa shape index (κ3) is 7.78. The first kappa shape index (κ1) is 12.4. The van der Waals surface area contributed by atoms with Crippen molar-refractivity contribution in [2.75, 3.05) is 0 Å². The average Bonchev–Trinajstić information content (AvgIpc) is 2.01. The van der Waals surface area contributed by atoms with Crippen molar-refractivity contribution in [2.45, 2.75) is 58.6 Å². The number of hydrogen-bond acceptors (Lipinski definition) is 2. The van der Waals surface area contributed by atoms with Gasteiger partial charge in [-0.3, -0.25) is 4.79 Å². The lowest BCUT2D eigenvalue weighted by Crippen LogP contribution is -2.32. The van der Waals surface area contributed by atoms with E-state index in [0.29, 0.717) is 12.8 Å². The van der Waals surface area contributed by atoms with Gasteiger partial charge < -0.3 is 10.4 Å². The topological polar surface area (TPSA) is 49.3 Å². The van der Waals surface area contributed by atoms with E-state index in [0.717, 1.165) is 12.8 Å². The van der Waals surface area contributed by atoms with Gasteiger partial charge in [0.15, 0.2) is 0 Å². The highest BCUT2D eigenvalue weighted by atomic mass is 16.3. The van der Waals surface area contributed by atoms with E-state index in [1.807, 2.05) is 6.92 Å². The third-order valence-corrected chi connectivity index (χ3v) is 1.92. The minimum absolute atomic E-state index is 0.0434. The first-order chi connectivity index (χ1) is 6.06. The van der Waals surface area contributed by atoms with Gasteiger partial charge in [-0.15, -0.1) is 0 Å². The molecular formula is C10H21NO2. The quantitative estimate of drug-likeness (QED) is 0.661. The Labute approximate surface area is 80.5 Å². The Balaban J connectivity index is 3.50. The van der Waals surface area contributed by atoms with Crippen LogP contribution >= 0.6 is 0 Å². The number of rotatable bonds is 6. The molecule has 0 aromatic heterocycles. The zero-order valence-corrected chi connectivity index (χ0v) is 8.84. The number of hydrogen-bond donors (Lipinski definition) is 2. The molecule has 0 bridgehead atoms. The van der Waals surface area contributed by atoms with Crippen molar-refractivity contribution in [3.8, 4) is 0 Å². The number of nitrogens with one attached hydrogen (secondary N) is 1. The summed E-state index contributed by atoms with van der Waals surface area (Å²) in [6.07, 6.45) is 2.68. The van der Waals surface area contributed by atoms with Crippen LogP contribution in [-0.4, -0.2) is 23.2 Å². The van der Waals surface area contributed by atoms with E-state index in [1.165, 1.54) is 0 Å². The van der Waals surface area contributed by atoms with Crippen LogP contribution in [0.15, 0.2) is 0 Å². The highest BCUT2D eigenvalue weighted by Gasteiger charge is 2.07. The maximum absolute atomic E-state index is 11.2. The molecule has 0 fully saturated rings. The Hall–Kier alpha value is -0.570. The number of amides is 1. The molecule has 2 atom stereocenters. The van der Waals surface area contributed by atoms with Crippen LogP contribution in [0, 0.1) is 0 Å². The monoisotopic (exact) mass is 187 g/mol. The Bertz CT molecular complexity index is 146. The average molecular weight is 187 g/mol. The number of carbonyl (C=O) groups is 1. The number of aliphatic hydroxyl groups is 1. The molecular weight excluding hydrogens is 166 g/mol. The first-order valence-electron chi connectivity index (χ1n) is 5.03. The van der Waals surface area contributed by atoms with E-state index in [4.69, 9.17) is 5.11 Å². The Morgan fingerprint density at radius 3 is 2.46 bits per heavy atom. The van der Waals surface area contributed by atoms with E-state index < -0.39 is 0 Å². The van der Waals surface area contributed by atoms with Crippen LogP contribution in [0.25, 0.3) is 0 Å². The van der Waals surface area contributed by atoms with E-state index in [1.54, 1.807) is 6.92 Å². The summed E-state index contributed by atoms with van der Waals surface area (Å²) in [5.41, 5.74) is 0. The number of aliphatic hydroxyl groups excluding tert-OH is 1. The van der Waals surface area contributed by atoms with Gasteiger partial charge in [0, 0.05) is 12.5 Å². The molecule has 0 aromatic carbocycles. The van der Waals surface area contributed by atoms with Gasteiger partial charge >= 0.3 is 0 Å². The molecule has 0 aromatic rings. The van der Waals surface area contributed by atoms with Gasteiger partial charge in [0.05, 0.1) is 6.10 Å². The molecule has 3 nitrogen and oxygen atoms in total. The molecule has 0 radical (unpaired) electrons. The minimum atomic E-state index is -0.382. The summed E-state index contributed by atoms with van der Waals surface area (Å²) < 4.78 is 0. The molecule has 0 saturated heterocycles. The third-order valence-electron chi connectivity index (χ3n) is 1.92. The van der Waals surface area contributed by atoms with Crippen LogP contribution in [-0.2, 0) is 4.79 Å². The van der Waals surface area contributed by atoms with E-state index >= 15 is 0 Å². The molecule has 0 aliphatic carbocycles. The summed E-state index contributed by atoms with van der Waals surface area (Å²) in [6, 6.07) is 0.256. The fourth-order valence-electron chi connectivity index (χ4n) is 1.19. The lowest BCUT2D eigenvalue weighted by Gasteiger charge is -2.12. The van der Waals surface area contributed by atoms with E-state index in [-0.39, 0.29) is 18.1 Å². The molecule has 0 rings (SSSR count). The van der Waals surface area contributed by atoms with Crippen molar-refractivity contribution < 1.29 is 9.90 Å². The van der Waals surface area contributed by atoms with Crippen molar-refractivity contribution in [3.05, 3.63) is 0 Å². The zero-order valence-electron chi connectivity index (χ0n) is 8.84. The van der Waals surface area contributed by atoms with Crippen molar-refractivity contribution >= 4 is 5.91 Å². The molecule has 0 aliphatic rings. The maximum atomic E-state index is 11.2. The van der Waals surface area contributed by atoms with Gasteiger partial charge in [0.25, 0.3) is 0 Å². The first-order valence-corrected chi connectivity index (χ1v) is 5.03. The van der Waals surface area contributed by atoms with E-state index in [2.05, 4.69) is 12.2 Å². The molecule has 0 saturated carbocycles. The second-order valence-corrected chi connectivity index (χ2v) is 3.64. The Morgan fingerprint density at radius 1 is 1.38 bits per heavy atom. The van der Waals surface area contributed by atoms with Gasteiger partial charge in [-0.2, -0.15) is 0 Å². The molecule has 3 heteroatoms. The molecule has 0 heterocycles. The second-order valence-electron chi connectivity index (χ2n) is 3.64. The zero-order chi connectivity index (χ0) is 10.3.